The number of methoxy groups -OCH3 is 1. The van der Waals surface area contributed by atoms with Crippen LogP contribution in [0.5, 0.6) is 5.75 Å². The zero-order chi connectivity index (χ0) is 36.4. The molecule has 0 bridgehead atoms. The van der Waals surface area contributed by atoms with Crippen molar-refractivity contribution in [2.45, 2.75) is 65.0 Å². The molecule has 3 aromatic rings. The molecule has 0 aliphatic carbocycles. The van der Waals surface area contributed by atoms with Crippen LogP contribution in [0.1, 0.15) is 53.5 Å². The number of nitrogens with one attached hydrogen (secondary N) is 2. The number of nitrogens with zero attached hydrogens (tertiary/aromatic N) is 2. The summed E-state index contributed by atoms with van der Waals surface area (Å²) in [5, 5.41) is 5.23. The number of hydrogen-bond acceptors (Lipinski definition) is 9. The van der Waals surface area contributed by atoms with Gasteiger partial charge < -0.3 is 29.2 Å². The van der Waals surface area contributed by atoms with E-state index in [0.717, 1.165) is 35.8 Å². The smallest absolute Gasteiger partial charge is 0.410 e. The summed E-state index contributed by atoms with van der Waals surface area (Å²) in [6.07, 6.45) is 1.27. The first-order valence-electron chi connectivity index (χ1n) is 17.3. The van der Waals surface area contributed by atoms with Crippen molar-refractivity contribution < 1.29 is 32.2 Å². The van der Waals surface area contributed by atoms with E-state index in [2.05, 4.69) is 35.7 Å². The molecule has 12 heteroatoms. The Morgan fingerprint density at radius 1 is 0.920 bits per heavy atom. The molecule has 0 radical (unpaired) electrons. The van der Waals surface area contributed by atoms with Crippen molar-refractivity contribution in [3.8, 4) is 5.75 Å². The van der Waals surface area contributed by atoms with Crippen molar-refractivity contribution in [1.29, 1.82) is 0 Å². The van der Waals surface area contributed by atoms with Gasteiger partial charge in [0.05, 0.1) is 12.9 Å². The van der Waals surface area contributed by atoms with Gasteiger partial charge in [-0.25, -0.2) is 13.2 Å². The summed E-state index contributed by atoms with van der Waals surface area (Å²) in [4.78, 5) is 16.5. The first-order chi connectivity index (χ1) is 23.5. The molecule has 2 aliphatic heterocycles. The fourth-order valence-electron chi connectivity index (χ4n) is 6.91. The number of sulfonamides is 1. The second-order valence-corrected chi connectivity index (χ2v) is 17.2. The number of carbonyl (C=O) groups is 1. The van der Waals surface area contributed by atoms with Gasteiger partial charge in [-0.2, -0.15) is 4.72 Å². The molecule has 2 heterocycles. The highest BCUT2D eigenvalue weighted by Gasteiger charge is 2.62. The van der Waals surface area contributed by atoms with Crippen LogP contribution in [0.15, 0.2) is 66.7 Å². The van der Waals surface area contributed by atoms with E-state index < -0.39 is 27.1 Å². The van der Waals surface area contributed by atoms with Crippen molar-refractivity contribution in [2.24, 2.45) is 11.3 Å². The van der Waals surface area contributed by atoms with Crippen molar-refractivity contribution in [2.75, 3.05) is 64.6 Å². The zero-order valence-corrected chi connectivity index (χ0v) is 31.6. The van der Waals surface area contributed by atoms with E-state index in [9.17, 15) is 13.2 Å². The van der Waals surface area contributed by atoms with Gasteiger partial charge in [0.1, 0.15) is 18.0 Å². The van der Waals surface area contributed by atoms with Gasteiger partial charge in [-0.3, -0.25) is 4.90 Å². The molecule has 50 heavy (non-hydrogen) atoms. The van der Waals surface area contributed by atoms with Crippen LogP contribution in [0.25, 0.3) is 10.8 Å². The third-order valence-electron chi connectivity index (χ3n) is 9.53. The molecule has 0 aromatic heterocycles. The number of hydrogen-bond donors (Lipinski definition) is 2. The first-order valence-corrected chi connectivity index (χ1v) is 19.2. The van der Waals surface area contributed by atoms with E-state index in [1.807, 2.05) is 87.5 Å². The van der Waals surface area contributed by atoms with Crippen molar-refractivity contribution in [3.05, 3.63) is 72.3 Å². The average Bonchev–Trinajstić information content (AvgIpc) is 3.04. The Bertz CT molecular complexity index is 1730. The maximum atomic E-state index is 13.2. The van der Waals surface area contributed by atoms with Gasteiger partial charge in [-0.15, -0.1) is 0 Å². The zero-order valence-electron chi connectivity index (χ0n) is 30.7. The normalized spacial score (nSPS) is 23.8. The molecule has 274 valence electrons. The first kappa shape index (κ1) is 37.8. The molecule has 0 spiro atoms. The number of amides is 1. The highest BCUT2D eigenvalue weighted by molar-refractivity contribution is 7.88. The molecule has 11 nitrogen and oxygen atoms in total. The summed E-state index contributed by atoms with van der Waals surface area (Å²) in [6.45, 7) is 16.2. The lowest BCUT2D eigenvalue weighted by atomic mass is 9.71. The van der Waals surface area contributed by atoms with E-state index in [1.54, 1.807) is 12.0 Å². The van der Waals surface area contributed by atoms with Crippen molar-refractivity contribution >= 4 is 32.6 Å². The largest absolute Gasteiger partial charge is 0.492 e. The van der Waals surface area contributed by atoms with Crippen LogP contribution in [0.2, 0.25) is 0 Å². The topological polar surface area (TPSA) is 119 Å². The molecule has 2 aliphatic rings. The summed E-state index contributed by atoms with van der Waals surface area (Å²) in [6, 6.07) is 21.2. The van der Waals surface area contributed by atoms with Gasteiger partial charge in [0, 0.05) is 56.5 Å². The Kier molecular flexibility index (Phi) is 11.1. The molecule has 1 amide bonds. The molecule has 2 fully saturated rings. The van der Waals surface area contributed by atoms with Gasteiger partial charge in [0.2, 0.25) is 15.8 Å². The van der Waals surface area contributed by atoms with Crippen LogP contribution in [0.4, 0.5) is 10.5 Å². The summed E-state index contributed by atoms with van der Waals surface area (Å²) in [7, 11) is -2.23. The fourth-order valence-corrected chi connectivity index (χ4v) is 7.81. The lowest BCUT2D eigenvalue weighted by Crippen LogP contribution is -2.72. The highest BCUT2D eigenvalue weighted by Crippen LogP contribution is 2.51. The van der Waals surface area contributed by atoms with Crippen molar-refractivity contribution in [3.63, 3.8) is 0 Å². The van der Waals surface area contributed by atoms with Gasteiger partial charge >= 0.3 is 6.09 Å². The number of ether oxygens (including phenoxy) is 4. The highest BCUT2D eigenvalue weighted by atomic mass is 32.2. The van der Waals surface area contributed by atoms with Gasteiger partial charge in [-0.05, 0) is 68.2 Å². The third-order valence-corrected chi connectivity index (χ3v) is 10.3. The summed E-state index contributed by atoms with van der Waals surface area (Å²) in [5.41, 5.74) is -0.747. The quantitative estimate of drug-likeness (QED) is 0.244. The second-order valence-electron chi connectivity index (χ2n) is 15.5. The summed E-state index contributed by atoms with van der Waals surface area (Å²) < 4.78 is 54.7. The molecular weight excluding hydrogens is 657 g/mol. The number of benzene rings is 3. The molecule has 3 unspecified atom stereocenters. The predicted molar refractivity (Wildman–Crippen MR) is 197 cm³/mol. The summed E-state index contributed by atoms with van der Waals surface area (Å²) in [5.74, 6) is -0.889. The lowest BCUT2D eigenvalue weighted by Gasteiger charge is -2.56. The van der Waals surface area contributed by atoms with Crippen molar-refractivity contribution in [1.82, 2.24) is 14.5 Å². The Balaban J connectivity index is 1.45. The Morgan fingerprint density at radius 2 is 1.56 bits per heavy atom. The number of anilines is 1. The minimum atomic E-state index is -3.79. The Hall–Kier alpha value is -3.42. The van der Waals surface area contributed by atoms with E-state index in [0.29, 0.717) is 50.6 Å². The molecular formula is C38H54N4O7S. The minimum Gasteiger partial charge on any atom is -0.492 e. The van der Waals surface area contributed by atoms with E-state index in [1.165, 1.54) is 0 Å². The number of rotatable bonds is 10. The maximum absolute atomic E-state index is 13.2. The molecule has 2 N–H and O–H groups in total. The SMILES string of the molecule is COC1(c2ccc(OCCN3CCN(C(=O)OC(C)(C)C)CC3)c3ccccc23)OCC(C(C)(C)C)CC1(Nc1ccccc1)NS(C)(=O)=O. The number of fused-ring (bicyclic) bond motifs is 1. The average molecular weight is 711 g/mol. The van der Waals surface area contributed by atoms with E-state index >= 15 is 0 Å². The van der Waals surface area contributed by atoms with Gasteiger partial charge in [0.15, 0.2) is 5.66 Å². The number of piperazine rings is 1. The maximum Gasteiger partial charge on any atom is 0.410 e. The molecule has 3 aromatic carbocycles. The number of para-hydroxylation sites is 1. The standard InChI is InChI=1S/C38H54N4O7S/c1-35(2,3)28-26-37(40-50(8,44)45,39-29-14-10-9-11-15-29)38(46-7,48-27-28)32-18-19-33(31-17-13-12-16-30(31)32)47-25-24-41-20-22-42(23-21-41)34(43)49-36(4,5)6/h9-19,28,39-40H,20-27H2,1-8H3. The third kappa shape index (κ3) is 8.54. The van der Waals surface area contributed by atoms with Crippen LogP contribution >= 0.6 is 0 Å². The van der Waals surface area contributed by atoms with Crippen LogP contribution in [0, 0.1) is 11.3 Å². The van der Waals surface area contributed by atoms with Crippen LogP contribution in [0.3, 0.4) is 0 Å². The summed E-state index contributed by atoms with van der Waals surface area (Å²) >= 11 is 0. The Labute approximate surface area is 297 Å². The van der Waals surface area contributed by atoms with E-state index in [4.69, 9.17) is 18.9 Å². The lowest BCUT2D eigenvalue weighted by molar-refractivity contribution is -0.303. The monoisotopic (exact) mass is 710 g/mol. The fraction of sp³-hybridized carbons (Fsp3) is 0.553. The van der Waals surface area contributed by atoms with Crippen LogP contribution < -0.4 is 14.8 Å². The van der Waals surface area contributed by atoms with Gasteiger partial charge in [-0.1, -0.05) is 63.2 Å². The minimum absolute atomic E-state index is 0.0175. The van der Waals surface area contributed by atoms with Crippen LogP contribution in [-0.4, -0.2) is 94.9 Å². The van der Waals surface area contributed by atoms with Crippen LogP contribution in [-0.2, 0) is 30.0 Å². The Morgan fingerprint density at radius 3 is 2.16 bits per heavy atom. The predicted octanol–water partition coefficient (Wildman–Crippen LogP) is 6.01. The molecule has 5 rings (SSSR count). The number of carbonyl (C=O) groups excluding carboxylic acids is 1. The second kappa shape index (κ2) is 14.7. The molecule has 0 saturated carbocycles. The van der Waals surface area contributed by atoms with Gasteiger partial charge in [0.25, 0.3) is 0 Å². The molecule has 2 saturated heterocycles. The van der Waals surface area contributed by atoms with E-state index in [-0.39, 0.29) is 17.4 Å². The molecule has 3 atom stereocenters.